The normalized spacial score (nSPS) is 16.6. The molecule has 13 heteroatoms. The Labute approximate surface area is 219 Å². The Morgan fingerprint density at radius 1 is 1.24 bits per heavy atom. The standard InChI is InChI=1S/C25H24F3N5O4S/c1-13(29)20-19(22(34)33-10-7-24(35,8-11-33)23-30-9-12-38-23)32-21(37-20)15-3-5-16(36-2)18-14(15)4-6-17(31-18)25(26,27)28/h3-6,9,12-13,35H,7-8,10-11,29H2,1-2H3/t13-/m0/s1. The number of hydrogen-bond acceptors (Lipinski definition) is 9. The Balaban J connectivity index is 1.50. The number of ether oxygens (including phenoxy) is 1. The molecular weight excluding hydrogens is 523 g/mol. The van der Waals surface area contributed by atoms with Crippen LogP contribution in [-0.4, -0.2) is 51.1 Å². The van der Waals surface area contributed by atoms with Crippen LogP contribution in [0.25, 0.3) is 22.4 Å². The molecule has 5 rings (SSSR count). The molecule has 9 nitrogen and oxygen atoms in total. The molecule has 38 heavy (non-hydrogen) atoms. The molecule has 4 aromatic rings. The number of fused-ring (bicyclic) bond motifs is 1. The number of nitrogens with zero attached hydrogens (tertiary/aromatic N) is 4. The van der Waals surface area contributed by atoms with E-state index in [4.69, 9.17) is 14.9 Å². The number of piperidine rings is 1. The lowest BCUT2D eigenvalue weighted by Gasteiger charge is -2.36. The zero-order valence-electron chi connectivity index (χ0n) is 20.5. The Morgan fingerprint density at radius 2 is 1.97 bits per heavy atom. The first-order valence-corrected chi connectivity index (χ1v) is 12.6. The van der Waals surface area contributed by atoms with Crippen molar-refractivity contribution in [2.75, 3.05) is 20.2 Å². The van der Waals surface area contributed by atoms with Crippen LogP contribution in [0.1, 0.15) is 52.8 Å². The summed E-state index contributed by atoms with van der Waals surface area (Å²) in [5, 5.41) is 13.7. The molecule has 200 valence electrons. The van der Waals surface area contributed by atoms with Crippen molar-refractivity contribution in [3.05, 3.63) is 58.0 Å². The summed E-state index contributed by atoms with van der Waals surface area (Å²) >= 11 is 1.36. The monoisotopic (exact) mass is 547 g/mol. The number of carbonyl (C=O) groups excluding carboxylic acids is 1. The topological polar surface area (TPSA) is 128 Å². The second kappa shape index (κ2) is 9.64. The van der Waals surface area contributed by atoms with Gasteiger partial charge in [0.15, 0.2) is 11.5 Å². The van der Waals surface area contributed by atoms with Crippen LogP contribution >= 0.6 is 11.3 Å². The number of methoxy groups -OCH3 is 1. The third-order valence-electron chi connectivity index (χ3n) is 6.54. The summed E-state index contributed by atoms with van der Waals surface area (Å²) in [5.74, 6) is -0.101. The molecule has 1 saturated heterocycles. The first-order chi connectivity index (χ1) is 18.0. The number of thiazole rings is 1. The second-order valence-electron chi connectivity index (χ2n) is 9.09. The van der Waals surface area contributed by atoms with Crippen LogP contribution in [0.3, 0.4) is 0 Å². The van der Waals surface area contributed by atoms with Crippen LogP contribution in [0.4, 0.5) is 13.2 Å². The molecule has 1 aromatic carbocycles. The molecule has 1 aliphatic rings. The summed E-state index contributed by atoms with van der Waals surface area (Å²) in [5.41, 5.74) is 4.25. The molecule has 0 spiro atoms. The molecule has 0 saturated carbocycles. The summed E-state index contributed by atoms with van der Waals surface area (Å²) < 4.78 is 51.1. The molecule has 1 amide bonds. The van der Waals surface area contributed by atoms with Gasteiger partial charge < -0.3 is 24.9 Å². The molecule has 0 aliphatic carbocycles. The van der Waals surface area contributed by atoms with E-state index in [-0.39, 0.29) is 41.7 Å². The van der Waals surface area contributed by atoms with Crippen LogP contribution in [0, 0.1) is 0 Å². The van der Waals surface area contributed by atoms with Gasteiger partial charge in [-0.1, -0.05) is 0 Å². The molecule has 3 aromatic heterocycles. The third-order valence-corrected chi connectivity index (χ3v) is 7.51. The highest BCUT2D eigenvalue weighted by Crippen LogP contribution is 2.38. The van der Waals surface area contributed by atoms with Gasteiger partial charge in [0.2, 0.25) is 5.89 Å². The predicted molar refractivity (Wildman–Crippen MR) is 133 cm³/mol. The fraction of sp³-hybridized carbons (Fsp3) is 0.360. The van der Waals surface area contributed by atoms with E-state index < -0.39 is 29.4 Å². The molecule has 1 atom stereocenters. The number of aromatic nitrogens is 3. The number of oxazole rings is 1. The maximum Gasteiger partial charge on any atom is 0.433 e. The fourth-order valence-corrected chi connectivity index (χ4v) is 5.30. The number of likely N-dealkylation sites (tertiary alicyclic amines) is 1. The third kappa shape index (κ3) is 4.61. The van der Waals surface area contributed by atoms with Crippen molar-refractivity contribution < 1.29 is 32.2 Å². The lowest BCUT2D eigenvalue weighted by Crippen LogP contribution is -2.45. The first-order valence-electron chi connectivity index (χ1n) is 11.7. The maximum atomic E-state index is 13.5. The molecule has 1 fully saturated rings. The minimum absolute atomic E-state index is 0.0125. The average molecular weight is 548 g/mol. The van der Waals surface area contributed by atoms with Gasteiger partial charge in [-0.3, -0.25) is 4.79 Å². The van der Waals surface area contributed by atoms with Crippen molar-refractivity contribution in [2.24, 2.45) is 5.73 Å². The number of aliphatic hydroxyl groups is 1. The Bertz CT molecular complexity index is 1480. The van der Waals surface area contributed by atoms with Gasteiger partial charge in [0, 0.05) is 48.5 Å². The second-order valence-corrected chi connectivity index (χ2v) is 9.98. The van der Waals surface area contributed by atoms with E-state index in [9.17, 15) is 23.1 Å². The minimum Gasteiger partial charge on any atom is -0.494 e. The van der Waals surface area contributed by atoms with Crippen molar-refractivity contribution in [2.45, 2.75) is 37.6 Å². The van der Waals surface area contributed by atoms with Crippen molar-refractivity contribution in [1.82, 2.24) is 19.9 Å². The summed E-state index contributed by atoms with van der Waals surface area (Å²) in [4.78, 5) is 27.5. The van der Waals surface area contributed by atoms with Crippen LogP contribution in [0.5, 0.6) is 5.75 Å². The molecule has 3 N–H and O–H groups in total. The number of hydrogen-bond donors (Lipinski definition) is 2. The lowest BCUT2D eigenvalue weighted by molar-refractivity contribution is -0.140. The highest BCUT2D eigenvalue weighted by Gasteiger charge is 2.39. The first kappa shape index (κ1) is 26.1. The van der Waals surface area contributed by atoms with Crippen LogP contribution < -0.4 is 10.5 Å². The summed E-state index contributed by atoms with van der Waals surface area (Å²) in [6.45, 7) is 2.18. The van der Waals surface area contributed by atoms with Gasteiger partial charge in [0.25, 0.3) is 5.91 Å². The molecular formula is C25H24F3N5O4S. The fourth-order valence-electron chi connectivity index (χ4n) is 4.51. The van der Waals surface area contributed by atoms with Gasteiger partial charge >= 0.3 is 6.18 Å². The number of amides is 1. The van der Waals surface area contributed by atoms with Gasteiger partial charge in [0.1, 0.15) is 27.6 Å². The number of carbonyl (C=O) groups is 1. The Kier molecular flexibility index (Phi) is 6.61. The smallest absolute Gasteiger partial charge is 0.433 e. The van der Waals surface area contributed by atoms with Gasteiger partial charge in [-0.15, -0.1) is 11.3 Å². The molecule has 0 radical (unpaired) electrons. The van der Waals surface area contributed by atoms with Crippen molar-refractivity contribution in [1.29, 1.82) is 0 Å². The highest BCUT2D eigenvalue weighted by atomic mass is 32.1. The van der Waals surface area contributed by atoms with E-state index >= 15 is 0 Å². The van der Waals surface area contributed by atoms with Crippen LogP contribution in [0.15, 0.2) is 40.3 Å². The van der Waals surface area contributed by atoms with Gasteiger partial charge in [-0.2, -0.15) is 13.2 Å². The van der Waals surface area contributed by atoms with Crippen molar-refractivity contribution >= 4 is 28.1 Å². The minimum atomic E-state index is -4.64. The van der Waals surface area contributed by atoms with Crippen molar-refractivity contribution in [3.8, 4) is 17.2 Å². The molecule has 4 heterocycles. The van der Waals surface area contributed by atoms with Gasteiger partial charge in [-0.25, -0.2) is 15.0 Å². The van der Waals surface area contributed by atoms with E-state index in [2.05, 4.69) is 15.0 Å². The van der Waals surface area contributed by atoms with E-state index in [1.54, 1.807) is 29.5 Å². The zero-order valence-corrected chi connectivity index (χ0v) is 21.3. The van der Waals surface area contributed by atoms with Gasteiger partial charge in [0.05, 0.1) is 13.2 Å². The number of nitrogens with two attached hydrogens (primary N) is 1. The number of rotatable bonds is 5. The van der Waals surface area contributed by atoms with Crippen molar-refractivity contribution in [3.63, 3.8) is 0 Å². The van der Waals surface area contributed by atoms with Crippen LogP contribution in [-0.2, 0) is 11.8 Å². The molecule has 0 unspecified atom stereocenters. The largest absolute Gasteiger partial charge is 0.494 e. The summed E-state index contributed by atoms with van der Waals surface area (Å²) in [6.07, 6.45) is -2.40. The van der Waals surface area contributed by atoms with E-state index in [0.717, 1.165) is 6.07 Å². The predicted octanol–water partition coefficient (Wildman–Crippen LogP) is 4.52. The zero-order chi connectivity index (χ0) is 27.2. The molecule has 1 aliphatic heterocycles. The number of alkyl halides is 3. The number of benzene rings is 1. The lowest BCUT2D eigenvalue weighted by atomic mass is 9.92. The average Bonchev–Trinajstić information content (AvgIpc) is 3.58. The maximum absolute atomic E-state index is 13.5. The number of pyridine rings is 1. The summed E-state index contributed by atoms with van der Waals surface area (Å²) in [6, 6.07) is 4.49. The van der Waals surface area contributed by atoms with E-state index in [0.29, 0.717) is 28.8 Å². The number of halogens is 3. The summed E-state index contributed by atoms with van der Waals surface area (Å²) in [7, 11) is 1.33. The SMILES string of the molecule is COc1ccc(-c2nc(C(=O)N3CCC(O)(c4nccs4)CC3)c([C@H](C)N)o2)c2ccc(C(F)(F)F)nc12. The van der Waals surface area contributed by atoms with Crippen LogP contribution in [0.2, 0.25) is 0 Å². The van der Waals surface area contributed by atoms with E-state index in [1.165, 1.54) is 30.6 Å². The van der Waals surface area contributed by atoms with E-state index in [1.807, 2.05) is 0 Å². The Morgan fingerprint density at radius 3 is 2.58 bits per heavy atom. The van der Waals surface area contributed by atoms with Gasteiger partial charge in [-0.05, 0) is 31.2 Å². The molecule has 0 bridgehead atoms. The Hall–Kier alpha value is -3.55. The highest BCUT2D eigenvalue weighted by molar-refractivity contribution is 7.09. The quantitative estimate of drug-likeness (QED) is 0.374.